The average Bonchev–Trinajstić information content (AvgIpc) is 3.49. The van der Waals surface area contributed by atoms with Crippen molar-refractivity contribution >= 4 is 40.1 Å². The lowest BCUT2D eigenvalue weighted by Crippen LogP contribution is -2.25. The molecule has 37 heavy (non-hydrogen) atoms. The van der Waals surface area contributed by atoms with Crippen LogP contribution in [0.5, 0.6) is 5.75 Å². The van der Waals surface area contributed by atoms with Crippen molar-refractivity contribution in [2.75, 3.05) is 12.4 Å². The highest BCUT2D eigenvalue weighted by atomic mass is 32.2. The summed E-state index contributed by atoms with van der Waals surface area (Å²) in [5.74, 6) is -0.345. The second-order valence-corrected chi connectivity index (χ2v) is 10.0. The van der Waals surface area contributed by atoms with Gasteiger partial charge in [-0.2, -0.15) is 10.1 Å². The van der Waals surface area contributed by atoms with Crippen molar-refractivity contribution in [3.63, 3.8) is 0 Å². The van der Waals surface area contributed by atoms with E-state index in [4.69, 9.17) is 9.84 Å². The molecule has 0 fully saturated rings. The summed E-state index contributed by atoms with van der Waals surface area (Å²) in [6, 6.07) is 21.2. The molecule has 5 rings (SSSR count). The maximum atomic E-state index is 13.5. The fraction of sp³-hybridized carbons (Fsp3) is 0.214. The fourth-order valence-electron chi connectivity index (χ4n) is 4.24. The van der Waals surface area contributed by atoms with Crippen LogP contribution < -0.4 is 10.1 Å². The van der Waals surface area contributed by atoms with E-state index in [1.54, 1.807) is 48.5 Å². The molecule has 7 nitrogen and oxygen atoms in total. The van der Waals surface area contributed by atoms with Gasteiger partial charge in [0.1, 0.15) is 16.8 Å². The number of halogens is 1. The molecule has 0 saturated carbocycles. The number of rotatable bonds is 6. The lowest BCUT2D eigenvalue weighted by Gasteiger charge is -2.23. The van der Waals surface area contributed by atoms with Crippen LogP contribution in [-0.2, 0) is 9.59 Å². The van der Waals surface area contributed by atoms with Crippen molar-refractivity contribution < 1.29 is 18.7 Å². The Bertz CT molecular complexity index is 1390. The normalized spacial score (nSPS) is 19.0. The van der Waals surface area contributed by atoms with Crippen LogP contribution in [0.2, 0.25) is 0 Å². The van der Waals surface area contributed by atoms with E-state index < -0.39 is 5.25 Å². The number of thioether (sulfide) groups is 1. The molecule has 0 spiro atoms. The Morgan fingerprint density at radius 1 is 1.14 bits per heavy atom. The summed E-state index contributed by atoms with van der Waals surface area (Å²) in [6.07, 6.45) is 0.550. The first kappa shape index (κ1) is 24.7. The number of amides is 2. The molecule has 1 N–H and O–H groups in total. The number of nitrogens with zero attached hydrogens (tertiary/aromatic N) is 3. The summed E-state index contributed by atoms with van der Waals surface area (Å²) in [7, 11) is 1.56. The van der Waals surface area contributed by atoms with Crippen LogP contribution in [0.3, 0.4) is 0 Å². The molecule has 9 heteroatoms. The molecule has 0 bridgehead atoms. The van der Waals surface area contributed by atoms with Gasteiger partial charge in [0.05, 0.1) is 18.9 Å². The third-order valence-electron chi connectivity index (χ3n) is 6.20. The standard InChI is InChI=1S/C28H25FN4O3S/c1-17-6-8-19(9-7-17)24-15-23(18-10-12-20(29)13-11-18)32-33(24)28-31-27(35)25(37-28)16-26(34)30-21-4-3-5-22(14-21)36-2/h3-14,24-25H,15-16H2,1-2H3,(H,30,34)/t24-,25+/m0/s1. The van der Waals surface area contributed by atoms with E-state index in [1.165, 1.54) is 23.9 Å². The molecule has 0 saturated heterocycles. The number of ether oxygens (including phenoxy) is 1. The molecule has 0 radical (unpaired) electrons. The molecular weight excluding hydrogens is 491 g/mol. The third kappa shape index (κ3) is 5.56. The highest BCUT2D eigenvalue weighted by Gasteiger charge is 2.39. The van der Waals surface area contributed by atoms with Gasteiger partial charge in [0.2, 0.25) is 5.91 Å². The number of carbonyl (C=O) groups excluding carboxylic acids is 2. The van der Waals surface area contributed by atoms with Crippen LogP contribution in [0.15, 0.2) is 82.9 Å². The van der Waals surface area contributed by atoms with E-state index >= 15 is 0 Å². The summed E-state index contributed by atoms with van der Waals surface area (Å²) in [6.45, 7) is 2.02. The van der Waals surface area contributed by atoms with E-state index in [1.807, 2.05) is 31.2 Å². The van der Waals surface area contributed by atoms with E-state index in [0.717, 1.165) is 22.4 Å². The van der Waals surface area contributed by atoms with Crippen LogP contribution in [0.4, 0.5) is 10.1 Å². The first-order valence-electron chi connectivity index (χ1n) is 11.8. The van der Waals surface area contributed by atoms with Crippen LogP contribution in [-0.4, -0.2) is 40.1 Å². The maximum Gasteiger partial charge on any atom is 0.262 e. The minimum Gasteiger partial charge on any atom is -0.497 e. The van der Waals surface area contributed by atoms with Crippen molar-refractivity contribution in [2.24, 2.45) is 10.1 Å². The summed E-state index contributed by atoms with van der Waals surface area (Å²) >= 11 is 1.24. The number of aryl methyl sites for hydroxylation is 1. The van der Waals surface area contributed by atoms with Crippen LogP contribution >= 0.6 is 11.8 Å². The quantitative estimate of drug-likeness (QED) is 0.480. The summed E-state index contributed by atoms with van der Waals surface area (Å²) in [5.41, 5.74) is 4.35. The number of anilines is 1. The molecule has 3 aromatic rings. The Morgan fingerprint density at radius 2 is 1.89 bits per heavy atom. The van der Waals surface area contributed by atoms with Crippen molar-refractivity contribution in [2.45, 2.75) is 31.1 Å². The Balaban J connectivity index is 1.34. The van der Waals surface area contributed by atoms with Crippen molar-refractivity contribution in [3.8, 4) is 5.75 Å². The van der Waals surface area contributed by atoms with E-state index in [0.29, 0.717) is 23.0 Å². The van der Waals surface area contributed by atoms with Crippen LogP contribution in [0, 0.1) is 12.7 Å². The Hall–Kier alpha value is -3.98. The van der Waals surface area contributed by atoms with Crippen LogP contribution in [0.1, 0.15) is 35.6 Å². The zero-order chi connectivity index (χ0) is 25.9. The Kier molecular flexibility index (Phi) is 7.05. The lowest BCUT2D eigenvalue weighted by molar-refractivity contribution is -0.121. The molecule has 0 aliphatic carbocycles. The van der Waals surface area contributed by atoms with Crippen molar-refractivity contribution in [1.29, 1.82) is 0 Å². The van der Waals surface area contributed by atoms with Gasteiger partial charge in [-0.1, -0.05) is 59.8 Å². The average molecular weight is 517 g/mol. The first-order chi connectivity index (χ1) is 17.9. The number of nitrogens with one attached hydrogen (secondary N) is 1. The molecule has 2 amide bonds. The molecule has 2 aliphatic rings. The molecule has 2 aliphatic heterocycles. The Labute approximate surface area is 218 Å². The minimum atomic E-state index is -0.649. The maximum absolute atomic E-state index is 13.5. The van der Waals surface area contributed by atoms with Gasteiger partial charge in [-0.05, 0) is 42.3 Å². The Morgan fingerprint density at radius 3 is 2.62 bits per heavy atom. The number of aliphatic imine (C=N–C) groups is 1. The van der Waals surface area contributed by atoms with Crippen molar-refractivity contribution in [1.82, 2.24) is 5.01 Å². The zero-order valence-corrected chi connectivity index (χ0v) is 21.2. The molecule has 0 unspecified atom stereocenters. The van der Waals surface area contributed by atoms with Gasteiger partial charge in [-0.25, -0.2) is 9.40 Å². The van der Waals surface area contributed by atoms with Crippen molar-refractivity contribution in [3.05, 3.63) is 95.3 Å². The molecule has 2 atom stereocenters. The summed E-state index contributed by atoms with van der Waals surface area (Å²) in [5, 5.41) is 9.17. The fourth-order valence-corrected chi connectivity index (χ4v) is 5.30. The van der Waals surface area contributed by atoms with Gasteiger partial charge in [-0.15, -0.1) is 0 Å². The minimum absolute atomic E-state index is 0.0225. The predicted molar refractivity (Wildman–Crippen MR) is 143 cm³/mol. The summed E-state index contributed by atoms with van der Waals surface area (Å²) in [4.78, 5) is 29.7. The number of hydrazone groups is 1. The molecule has 2 heterocycles. The highest BCUT2D eigenvalue weighted by Crippen LogP contribution is 2.38. The molecular formula is C28H25FN4O3S. The number of hydrogen-bond donors (Lipinski definition) is 1. The lowest BCUT2D eigenvalue weighted by atomic mass is 9.98. The topological polar surface area (TPSA) is 83.4 Å². The molecule has 188 valence electrons. The number of methoxy groups -OCH3 is 1. The number of amidine groups is 1. The first-order valence-corrected chi connectivity index (χ1v) is 12.7. The van der Waals surface area contributed by atoms with Gasteiger partial charge < -0.3 is 10.1 Å². The molecule has 3 aromatic carbocycles. The predicted octanol–water partition coefficient (Wildman–Crippen LogP) is 5.32. The largest absolute Gasteiger partial charge is 0.497 e. The number of hydrogen-bond acceptors (Lipinski definition) is 6. The van der Waals surface area contributed by atoms with Crippen LogP contribution in [0.25, 0.3) is 0 Å². The second-order valence-electron chi connectivity index (χ2n) is 8.85. The smallest absolute Gasteiger partial charge is 0.262 e. The highest BCUT2D eigenvalue weighted by molar-refractivity contribution is 8.15. The van der Waals surface area contributed by atoms with Gasteiger partial charge >= 0.3 is 0 Å². The van der Waals surface area contributed by atoms with E-state index in [9.17, 15) is 14.0 Å². The van der Waals surface area contributed by atoms with E-state index in [2.05, 4.69) is 10.3 Å². The van der Waals surface area contributed by atoms with Gasteiger partial charge in [0.15, 0.2) is 5.17 Å². The van der Waals surface area contributed by atoms with Gasteiger partial charge in [-0.3, -0.25) is 9.59 Å². The number of benzene rings is 3. The number of carbonyl (C=O) groups is 2. The monoisotopic (exact) mass is 516 g/mol. The van der Waals surface area contributed by atoms with Gasteiger partial charge in [0, 0.05) is 24.6 Å². The zero-order valence-electron chi connectivity index (χ0n) is 20.3. The van der Waals surface area contributed by atoms with E-state index in [-0.39, 0.29) is 30.1 Å². The second kappa shape index (κ2) is 10.6. The summed E-state index contributed by atoms with van der Waals surface area (Å²) < 4.78 is 18.7. The third-order valence-corrected chi connectivity index (χ3v) is 7.34. The SMILES string of the molecule is COc1cccc(NC(=O)C[C@H]2SC(N3N=C(c4ccc(F)cc4)C[C@H]3c3ccc(C)cc3)=NC2=O)c1. The van der Waals surface area contributed by atoms with Gasteiger partial charge in [0.25, 0.3) is 5.91 Å². The molecule has 0 aromatic heterocycles.